The van der Waals surface area contributed by atoms with Crippen LogP contribution >= 0.6 is 28.3 Å². The molecule has 0 atom stereocenters. The summed E-state index contributed by atoms with van der Waals surface area (Å²) in [6.45, 7) is 0. The number of aliphatic imine (C=N–C) groups is 1. The largest absolute Gasteiger partial charge is 0.370 e. The van der Waals surface area contributed by atoms with Crippen molar-refractivity contribution in [2.75, 3.05) is 0 Å². The molecule has 8 heteroatoms. The predicted molar refractivity (Wildman–Crippen MR) is 76.9 cm³/mol. The topological polar surface area (TPSA) is 114 Å². The molecule has 2 heterocycles. The van der Waals surface area contributed by atoms with Crippen molar-refractivity contribution in [3.05, 3.63) is 41.7 Å². The minimum absolute atomic E-state index is 0. The molecule has 0 radical (unpaired) electrons. The first-order chi connectivity index (χ1) is 8.22. The number of nitrogens with zero attached hydrogens (tertiary/aromatic N) is 4. The molecule has 0 saturated heterocycles. The van der Waals surface area contributed by atoms with Crippen LogP contribution in [0, 0.1) is 11.3 Å². The molecule has 0 aromatic carbocycles. The molecule has 2 aromatic heterocycles. The van der Waals surface area contributed by atoms with Crippen LogP contribution in [-0.4, -0.2) is 15.9 Å². The third kappa shape index (κ3) is 6.57. The van der Waals surface area contributed by atoms with Gasteiger partial charge in [-0.1, -0.05) is 0 Å². The average Bonchev–Trinajstić information content (AvgIpc) is 2.83. The Hall–Kier alpha value is -1.98. The fourth-order valence-electron chi connectivity index (χ4n) is 0.808. The minimum Gasteiger partial charge on any atom is -0.370 e. The van der Waals surface area contributed by atoms with Crippen molar-refractivity contribution in [2.24, 2.45) is 16.5 Å². The fourth-order valence-corrected chi connectivity index (χ4v) is 1.33. The molecule has 0 unspecified atom stereocenters. The van der Waals surface area contributed by atoms with E-state index in [9.17, 15) is 0 Å². The molecule has 0 fully saturated rings. The first-order valence-electron chi connectivity index (χ1n) is 4.51. The SMILES string of the molecule is Br.N#Cc1ccncc1.NC(N)=Nc1nccs1. The van der Waals surface area contributed by atoms with Gasteiger partial charge in [0.2, 0.25) is 5.13 Å². The molecule has 6 nitrogen and oxygen atoms in total. The van der Waals surface area contributed by atoms with Gasteiger partial charge in [0.05, 0.1) is 11.6 Å². The van der Waals surface area contributed by atoms with Gasteiger partial charge in [-0.3, -0.25) is 4.98 Å². The maximum absolute atomic E-state index is 8.26. The van der Waals surface area contributed by atoms with Crippen molar-refractivity contribution in [3.63, 3.8) is 0 Å². The number of pyridine rings is 1. The normalized spacial score (nSPS) is 7.94. The molecular weight excluding hydrogens is 316 g/mol. The second kappa shape index (κ2) is 9.09. The quantitative estimate of drug-likeness (QED) is 0.610. The lowest BCUT2D eigenvalue weighted by Crippen LogP contribution is -2.21. The summed E-state index contributed by atoms with van der Waals surface area (Å²) in [4.78, 5) is 11.3. The van der Waals surface area contributed by atoms with E-state index in [0.717, 1.165) is 0 Å². The summed E-state index contributed by atoms with van der Waals surface area (Å²) in [5.41, 5.74) is 10.8. The van der Waals surface area contributed by atoms with Crippen molar-refractivity contribution >= 4 is 39.4 Å². The van der Waals surface area contributed by atoms with Gasteiger partial charge in [0.1, 0.15) is 0 Å². The summed E-state index contributed by atoms with van der Waals surface area (Å²) in [7, 11) is 0. The maximum atomic E-state index is 8.26. The lowest BCUT2D eigenvalue weighted by atomic mass is 10.3. The van der Waals surface area contributed by atoms with Crippen molar-refractivity contribution in [1.29, 1.82) is 5.26 Å². The van der Waals surface area contributed by atoms with Gasteiger partial charge in [0.15, 0.2) is 5.96 Å². The number of rotatable bonds is 1. The van der Waals surface area contributed by atoms with Gasteiger partial charge in [-0.05, 0) is 12.1 Å². The second-order valence-corrected chi connectivity index (χ2v) is 3.57. The lowest BCUT2D eigenvalue weighted by molar-refractivity contribution is 1.31. The number of nitriles is 1. The van der Waals surface area contributed by atoms with E-state index in [4.69, 9.17) is 16.7 Å². The first kappa shape index (κ1) is 16.0. The van der Waals surface area contributed by atoms with E-state index >= 15 is 0 Å². The van der Waals surface area contributed by atoms with Gasteiger partial charge < -0.3 is 11.5 Å². The van der Waals surface area contributed by atoms with Crippen LogP contribution in [0.5, 0.6) is 0 Å². The first-order valence-corrected chi connectivity index (χ1v) is 5.39. The summed E-state index contributed by atoms with van der Waals surface area (Å²) in [6, 6.07) is 5.32. The number of guanidine groups is 1. The molecule has 0 aliphatic carbocycles. The van der Waals surface area contributed by atoms with Crippen molar-refractivity contribution in [1.82, 2.24) is 9.97 Å². The van der Waals surface area contributed by atoms with Crippen LogP contribution in [-0.2, 0) is 0 Å². The Labute approximate surface area is 119 Å². The Bertz CT molecular complexity index is 501. The summed E-state index contributed by atoms with van der Waals surface area (Å²) >= 11 is 1.39. The highest BCUT2D eigenvalue weighted by Gasteiger charge is 1.88. The molecule has 0 bridgehead atoms. The molecule has 0 amide bonds. The Kier molecular flexibility index (Phi) is 8.09. The van der Waals surface area contributed by atoms with Gasteiger partial charge in [-0.15, -0.1) is 28.3 Å². The van der Waals surface area contributed by atoms with Crippen LogP contribution in [0.4, 0.5) is 5.13 Å². The van der Waals surface area contributed by atoms with Crippen LogP contribution in [0.2, 0.25) is 0 Å². The van der Waals surface area contributed by atoms with Gasteiger partial charge in [0.25, 0.3) is 0 Å². The van der Waals surface area contributed by atoms with Crippen LogP contribution in [0.15, 0.2) is 41.1 Å². The van der Waals surface area contributed by atoms with Crippen molar-refractivity contribution < 1.29 is 0 Å². The highest BCUT2D eigenvalue weighted by atomic mass is 79.9. The zero-order valence-electron chi connectivity index (χ0n) is 9.22. The van der Waals surface area contributed by atoms with Gasteiger partial charge >= 0.3 is 0 Å². The fraction of sp³-hybridized carbons (Fsp3) is 0. The zero-order valence-corrected chi connectivity index (χ0v) is 11.8. The molecule has 0 aliphatic heterocycles. The van der Waals surface area contributed by atoms with Gasteiger partial charge in [-0.25, -0.2) is 4.98 Å². The molecule has 0 saturated carbocycles. The number of nitrogens with two attached hydrogens (primary N) is 2. The smallest absolute Gasteiger partial charge is 0.212 e. The summed E-state index contributed by atoms with van der Waals surface area (Å²) in [5.74, 6) is 0.0463. The van der Waals surface area contributed by atoms with Crippen molar-refractivity contribution in [3.8, 4) is 6.07 Å². The highest BCUT2D eigenvalue weighted by Crippen LogP contribution is 2.13. The van der Waals surface area contributed by atoms with Crippen molar-refractivity contribution in [2.45, 2.75) is 0 Å². The highest BCUT2D eigenvalue weighted by molar-refractivity contribution is 8.93. The lowest BCUT2D eigenvalue weighted by Gasteiger charge is -1.84. The van der Waals surface area contributed by atoms with E-state index in [-0.39, 0.29) is 22.9 Å². The summed E-state index contributed by atoms with van der Waals surface area (Å²) < 4.78 is 0. The molecule has 0 spiro atoms. The van der Waals surface area contributed by atoms with Gasteiger partial charge in [0, 0.05) is 24.0 Å². The predicted octanol–water partition coefficient (Wildman–Crippen LogP) is 1.58. The molecule has 2 rings (SSSR count). The third-order valence-electron chi connectivity index (χ3n) is 1.45. The molecule has 2 aromatic rings. The van der Waals surface area contributed by atoms with E-state index in [1.165, 1.54) is 11.3 Å². The van der Waals surface area contributed by atoms with E-state index < -0.39 is 0 Å². The van der Waals surface area contributed by atoms with E-state index in [2.05, 4.69) is 15.0 Å². The average molecular weight is 327 g/mol. The molecule has 4 N–H and O–H groups in total. The Morgan fingerprint density at radius 1 is 1.28 bits per heavy atom. The zero-order chi connectivity index (χ0) is 12.5. The number of aromatic nitrogens is 2. The number of hydrogen-bond donors (Lipinski definition) is 2. The number of halogens is 1. The Morgan fingerprint density at radius 2 is 1.94 bits per heavy atom. The monoisotopic (exact) mass is 326 g/mol. The maximum Gasteiger partial charge on any atom is 0.212 e. The molecule has 0 aliphatic rings. The minimum atomic E-state index is 0. The van der Waals surface area contributed by atoms with Crippen LogP contribution in [0.3, 0.4) is 0 Å². The summed E-state index contributed by atoms with van der Waals surface area (Å²) in [5, 5.41) is 10.7. The van der Waals surface area contributed by atoms with E-state index in [1.807, 2.05) is 11.4 Å². The Morgan fingerprint density at radius 3 is 2.33 bits per heavy atom. The number of hydrogen-bond acceptors (Lipinski definition) is 5. The molecule has 94 valence electrons. The van der Waals surface area contributed by atoms with Crippen LogP contribution in [0.25, 0.3) is 0 Å². The standard InChI is InChI=1S/C6H4N2.C4H6N4S.BrH/c7-5-6-1-3-8-4-2-6;5-3(6)8-4-7-1-2-9-4;/h1-4H;1-2H,(H4,5,6,7,8);1H. The van der Waals surface area contributed by atoms with E-state index in [0.29, 0.717) is 10.7 Å². The second-order valence-electron chi connectivity index (χ2n) is 2.70. The third-order valence-corrected chi connectivity index (χ3v) is 2.12. The Balaban J connectivity index is 0.000000306. The van der Waals surface area contributed by atoms with E-state index in [1.54, 1.807) is 30.7 Å². The number of thiazole rings is 1. The van der Waals surface area contributed by atoms with Crippen LogP contribution in [0.1, 0.15) is 5.56 Å². The van der Waals surface area contributed by atoms with Gasteiger partial charge in [-0.2, -0.15) is 10.3 Å². The van der Waals surface area contributed by atoms with Crippen LogP contribution < -0.4 is 11.5 Å². The molecule has 18 heavy (non-hydrogen) atoms. The summed E-state index contributed by atoms with van der Waals surface area (Å²) in [6.07, 6.45) is 4.84. The molecular formula is C10H11BrN6S.